The molecule has 0 saturated heterocycles. The summed E-state index contributed by atoms with van der Waals surface area (Å²) in [7, 11) is 0. The molecule has 0 spiro atoms. The number of hydrogen-bond donors (Lipinski definition) is 1. The van der Waals surface area contributed by atoms with E-state index in [1.54, 1.807) is 43.3 Å². The Hall–Kier alpha value is -1.52. The number of carbonyl (C=O) groups is 3. The van der Waals surface area contributed by atoms with Crippen molar-refractivity contribution in [3.63, 3.8) is 0 Å². The fourth-order valence-corrected chi connectivity index (χ4v) is 5.94. The summed E-state index contributed by atoms with van der Waals surface area (Å²) in [6.07, 6.45) is 0. The largest absolute Gasteiger partial charge is 0.322 e. The molecule has 0 radical (unpaired) electrons. The van der Waals surface area contributed by atoms with Crippen LogP contribution in [0.1, 0.15) is 36.6 Å². The van der Waals surface area contributed by atoms with Gasteiger partial charge in [-0.05, 0) is 107 Å². The molecule has 10 heteroatoms. The minimum Gasteiger partial charge on any atom is -0.322 e. The zero-order chi connectivity index (χ0) is 23.3. The summed E-state index contributed by atoms with van der Waals surface area (Å²) in [5.74, 6) is -1.37. The SMILES string of the molecule is Cc1c(Cl)cccc1NC(=O)c1cccc(N2C(=O)c3c(Br)c(Br)c(Br)c(Br)c3C2=O)c1. The van der Waals surface area contributed by atoms with Crippen molar-refractivity contribution in [3.8, 4) is 0 Å². The van der Waals surface area contributed by atoms with Gasteiger partial charge in [-0.3, -0.25) is 14.4 Å². The fourth-order valence-electron chi connectivity index (χ4n) is 3.31. The van der Waals surface area contributed by atoms with Crippen LogP contribution in [0.4, 0.5) is 11.4 Å². The Labute approximate surface area is 222 Å². The van der Waals surface area contributed by atoms with Gasteiger partial charge in [-0.1, -0.05) is 23.7 Å². The van der Waals surface area contributed by atoms with Crippen LogP contribution in [-0.2, 0) is 0 Å². The van der Waals surface area contributed by atoms with Gasteiger partial charge >= 0.3 is 0 Å². The Kier molecular flexibility index (Phi) is 6.66. The van der Waals surface area contributed by atoms with Gasteiger partial charge in [0.05, 0.1) is 16.8 Å². The number of halogens is 5. The zero-order valence-corrected chi connectivity index (χ0v) is 23.2. The lowest BCUT2D eigenvalue weighted by atomic mass is 10.1. The lowest BCUT2D eigenvalue weighted by Crippen LogP contribution is -2.29. The van der Waals surface area contributed by atoms with Gasteiger partial charge in [-0.15, -0.1) is 0 Å². The molecule has 1 aliphatic heterocycles. The van der Waals surface area contributed by atoms with Crippen LogP contribution < -0.4 is 10.2 Å². The maximum Gasteiger partial charge on any atom is 0.267 e. The Morgan fingerprint density at radius 2 is 1.44 bits per heavy atom. The van der Waals surface area contributed by atoms with Crippen LogP contribution >= 0.6 is 75.3 Å². The monoisotopic (exact) mass is 702 g/mol. The van der Waals surface area contributed by atoms with Gasteiger partial charge in [0, 0.05) is 34.2 Å². The molecule has 162 valence electrons. The maximum absolute atomic E-state index is 13.2. The molecule has 3 aromatic rings. The van der Waals surface area contributed by atoms with Crippen molar-refractivity contribution in [2.45, 2.75) is 6.92 Å². The second-order valence-electron chi connectivity index (χ2n) is 6.87. The number of benzene rings is 3. The molecule has 3 amide bonds. The Bertz CT molecular complexity index is 1300. The first kappa shape index (κ1) is 23.6. The molecular formula is C22H11Br4ClN2O3. The van der Waals surface area contributed by atoms with Crippen LogP contribution in [-0.4, -0.2) is 17.7 Å². The number of rotatable bonds is 3. The third-order valence-corrected chi connectivity index (χ3v) is 10.2. The standard InChI is InChI=1S/C22H11Br4ClN2O3/c1-9-12(27)6-3-7-13(9)28-20(30)10-4-2-5-11(8-10)29-21(31)14-15(22(29)32)17(24)19(26)18(25)16(14)23/h2-8H,1H3,(H,28,30). The van der Waals surface area contributed by atoms with Gasteiger partial charge in [0.1, 0.15) is 0 Å². The van der Waals surface area contributed by atoms with Crippen LogP contribution in [0, 0.1) is 6.92 Å². The van der Waals surface area contributed by atoms with Crippen LogP contribution in [0.5, 0.6) is 0 Å². The number of nitrogens with zero attached hydrogens (tertiary/aromatic N) is 1. The van der Waals surface area contributed by atoms with E-state index >= 15 is 0 Å². The highest BCUT2D eigenvalue weighted by atomic mass is 79.9. The molecular weight excluding hydrogens is 695 g/mol. The smallest absolute Gasteiger partial charge is 0.267 e. The van der Waals surface area contributed by atoms with Gasteiger partial charge in [0.15, 0.2) is 0 Å². The molecule has 1 aliphatic rings. The van der Waals surface area contributed by atoms with Gasteiger partial charge in [0.2, 0.25) is 0 Å². The van der Waals surface area contributed by atoms with Gasteiger partial charge in [-0.25, -0.2) is 4.90 Å². The number of imide groups is 1. The van der Waals surface area contributed by atoms with Crippen LogP contribution in [0.2, 0.25) is 5.02 Å². The fraction of sp³-hybridized carbons (Fsp3) is 0.0455. The summed E-state index contributed by atoms with van der Waals surface area (Å²) in [5.41, 5.74) is 2.38. The summed E-state index contributed by atoms with van der Waals surface area (Å²) < 4.78 is 2.15. The molecule has 0 saturated carbocycles. The molecule has 0 fully saturated rings. The molecule has 1 heterocycles. The summed E-state index contributed by atoms with van der Waals surface area (Å²) in [5, 5.41) is 3.36. The summed E-state index contributed by atoms with van der Waals surface area (Å²) in [6, 6.07) is 11.6. The summed E-state index contributed by atoms with van der Waals surface area (Å²) >= 11 is 19.8. The molecule has 0 unspecified atom stereocenters. The highest BCUT2D eigenvalue weighted by Gasteiger charge is 2.42. The molecule has 0 bridgehead atoms. The van der Waals surface area contributed by atoms with Crippen molar-refractivity contribution < 1.29 is 14.4 Å². The first-order valence-electron chi connectivity index (χ1n) is 9.04. The summed E-state index contributed by atoms with van der Waals surface area (Å²) in [4.78, 5) is 40.3. The molecule has 0 aliphatic carbocycles. The van der Waals surface area contributed by atoms with E-state index in [2.05, 4.69) is 69.0 Å². The van der Waals surface area contributed by atoms with Gasteiger partial charge in [0.25, 0.3) is 17.7 Å². The number of amides is 3. The minimum atomic E-state index is -0.492. The Morgan fingerprint density at radius 1 is 0.875 bits per heavy atom. The molecule has 32 heavy (non-hydrogen) atoms. The molecule has 5 nitrogen and oxygen atoms in total. The van der Waals surface area contributed by atoms with E-state index in [9.17, 15) is 14.4 Å². The second-order valence-corrected chi connectivity index (χ2v) is 10.4. The third kappa shape index (κ3) is 3.88. The van der Waals surface area contributed by atoms with Crippen LogP contribution in [0.15, 0.2) is 60.4 Å². The zero-order valence-electron chi connectivity index (χ0n) is 16.1. The Balaban J connectivity index is 1.71. The van der Waals surface area contributed by atoms with Gasteiger partial charge in [-0.2, -0.15) is 0 Å². The minimum absolute atomic E-state index is 0.237. The van der Waals surface area contributed by atoms with Gasteiger partial charge < -0.3 is 5.32 Å². The average Bonchev–Trinajstić information content (AvgIpc) is 3.04. The number of fused-ring (bicyclic) bond motifs is 1. The van der Waals surface area contributed by atoms with Crippen molar-refractivity contribution in [1.29, 1.82) is 0 Å². The second kappa shape index (κ2) is 9.02. The number of anilines is 2. The normalized spacial score (nSPS) is 12.9. The predicted octanol–water partition coefficient (Wildman–Crippen LogP) is 7.75. The average molecular weight is 706 g/mol. The summed E-state index contributed by atoms with van der Waals surface area (Å²) in [6.45, 7) is 1.80. The van der Waals surface area contributed by atoms with Crippen LogP contribution in [0.25, 0.3) is 0 Å². The molecule has 1 N–H and O–H groups in total. The number of carbonyl (C=O) groups excluding carboxylic acids is 3. The van der Waals surface area contributed by atoms with Crippen LogP contribution in [0.3, 0.4) is 0 Å². The third-order valence-electron chi connectivity index (χ3n) is 4.98. The topological polar surface area (TPSA) is 66.5 Å². The van der Waals surface area contributed by atoms with E-state index in [-0.39, 0.29) is 22.7 Å². The number of nitrogens with one attached hydrogen (secondary N) is 1. The Morgan fingerprint density at radius 3 is 2.03 bits per heavy atom. The predicted molar refractivity (Wildman–Crippen MR) is 139 cm³/mol. The van der Waals surface area contributed by atoms with E-state index in [0.29, 0.717) is 34.2 Å². The van der Waals surface area contributed by atoms with E-state index in [1.807, 2.05) is 0 Å². The lowest BCUT2D eigenvalue weighted by Gasteiger charge is -2.15. The van der Waals surface area contributed by atoms with E-state index in [0.717, 1.165) is 10.5 Å². The van der Waals surface area contributed by atoms with Crippen molar-refractivity contribution in [1.82, 2.24) is 0 Å². The van der Waals surface area contributed by atoms with Crippen molar-refractivity contribution in [3.05, 3.63) is 87.6 Å². The highest BCUT2D eigenvalue weighted by Crippen LogP contribution is 2.46. The maximum atomic E-state index is 13.2. The quantitative estimate of drug-likeness (QED) is 0.172. The lowest BCUT2D eigenvalue weighted by molar-refractivity contribution is 0.0923. The first-order valence-corrected chi connectivity index (χ1v) is 12.6. The van der Waals surface area contributed by atoms with E-state index in [1.165, 1.54) is 6.07 Å². The van der Waals surface area contributed by atoms with Crippen molar-refractivity contribution in [2.75, 3.05) is 10.2 Å². The first-order chi connectivity index (χ1) is 15.1. The number of hydrogen-bond acceptors (Lipinski definition) is 3. The van der Waals surface area contributed by atoms with E-state index < -0.39 is 11.8 Å². The van der Waals surface area contributed by atoms with Crippen molar-refractivity contribution in [2.24, 2.45) is 0 Å². The van der Waals surface area contributed by atoms with Crippen molar-refractivity contribution >= 4 is 104 Å². The molecule has 0 aromatic heterocycles. The molecule has 0 atom stereocenters. The molecule has 4 rings (SSSR count). The highest BCUT2D eigenvalue weighted by molar-refractivity contribution is 9.15. The van der Waals surface area contributed by atoms with E-state index in [4.69, 9.17) is 11.6 Å². The molecule has 3 aromatic carbocycles.